The third-order valence-electron chi connectivity index (χ3n) is 2.83. The van der Waals surface area contributed by atoms with Gasteiger partial charge in [-0.15, -0.1) is 0 Å². The molecule has 106 valence electrons. The molecule has 0 aliphatic rings. The zero-order chi connectivity index (χ0) is 14.5. The van der Waals surface area contributed by atoms with Gasteiger partial charge in [0.2, 0.25) is 0 Å². The van der Waals surface area contributed by atoms with Crippen LogP contribution in [0.3, 0.4) is 0 Å². The second-order valence-electron chi connectivity index (χ2n) is 4.24. The molecule has 0 bridgehead atoms. The van der Waals surface area contributed by atoms with E-state index in [2.05, 4.69) is 16.9 Å². The highest BCUT2D eigenvalue weighted by Gasteiger charge is 2.11. The largest absolute Gasteiger partial charge is 0.383 e. The summed E-state index contributed by atoms with van der Waals surface area (Å²) in [4.78, 5) is 8.81. The molecule has 3 nitrogen and oxygen atoms in total. The van der Waals surface area contributed by atoms with Crippen molar-refractivity contribution in [3.63, 3.8) is 0 Å². The maximum absolute atomic E-state index is 12.3. The molecule has 0 aliphatic heterocycles. The summed E-state index contributed by atoms with van der Waals surface area (Å²) in [6.45, 7) is 2.05. The molecule has 0 spiro atoms. The molecule has 0 amide bonds. The first-order valence-electron chi connectivity index (χ1n) is 6.26. The van der Waals surface area contributed by atoms with E-state index in [1.54, 1.807) is 24.3 Å². The fourth-order valence-electron chi connectivity index (χ4n) is 1.97. The summed E-state index contributed by atoms with van der Waals surface area (Å²) in [5, 5.41) is 0. The van der Waals surface area contributed by atoms with Crippen LogP contribution in [-0.4, -0.2) is 15.7 Å². The molecule has 0 atom stereocenters. The summed E-state index contributed by atoms with van der Waals surface area (Å²) in [7, 11) is 0. The van der Waals surface area contributed by atoms with Gasteiger partial charge in [0.05, 0.1) is 5.69 Å². The van der Waals surface area contributed by atoms with E-state index in [1.807, 2.05) is 0 Å². The highest BCUT2D eigenvalue weighted by atomic mass is 32.2. The van der Waals surface area contributed by atoms with Gasteiger partial charge >= 0.3 is 0 Å². The Balaban J connectivity index is 2.34. The van der Waals surface area contributed by atoms with Crippen LogP contribution in [0.5, 0.6) is 0 Å². The number of benzene rings is 1. The maximum Gasteiger partial charge on any atom is 0.288 e. The lowest BCUT2D eigenvalue weighted by molar-refractivity contribution is 0.252. The molecule has 0 radical (unpaired) electrons. The van der Waals surface area contributed by atoms with Gasteiger partial charge in [0.1, 0.15) is 12.1 Å². The van der Waals surface area contributed by atoms with E-state index in [0.29, 0.717) is 22.5 Å². The lowest BCUT2D eigenvalue weighted by Crippen LogP contribution is -2.02. The molecule has 0 fully saturated rings. The van der Waals surface area contributed by atoms with E-state index in [1.165, 1.54) is 6.33 Å². The van der Waals surface area contributed by atoms with Gasteiger partial charge in [-0.1, -0.05) is 37.2 Å². The summed E-state index contributed by atoms with van der Waals surface area (Å²) in [5.41, 5.74) is 8.43. The van der Waals surface area contributed by atoms with Crippen LogP contribution in [-0.2, 0) is 6.42 Å². The third kappa shape index (κ3) is 3.45. The Morgan fingerprint density at radius 2 is 1.90 bits per heavy atom. The number of nitrogens with two attached hydrogens (primary N) is 1. The maximum atomic E-state index is 12.3. The van der Waals surface area contributed by atoms with E-state index in [4.69, 9.17) is 5.73 Å². The predicted octanol–water partition coefficient (Wildman–Crippen LogP) is 3.99. The Bertz CT molecular complexity index is 573. The summed E-state index contributed by atoms with van der Waals surface area (Å²) in [6, 6.07) is 6.90. The number of aromatic nitrogens is 2. The van der Waals surface area contributed by atoms with Gasteiger partial charge < -0.3 is 5.73 Å². The Labute approximate surface area is 120 Å². The van der Waals surface area contributed by atoms with Crippen LogP contribution in [0, 0.1) is 0 Å². The molecular formula is C14H15F2N3S. The van der Waals surface area contributed by atoms with Gasteiger partial charge in [0.25, 0.3) is 5.76 Å². The summed E-state index contributed by atoms with van der Waals surface area (Å²) in [6.07, 6.45) is 3.14. The fourth-order valence-corrected chi connectivity index (χ4v) is 2.46. The Morgan fingerprint density at radius 1 is 1.20 bits per heavy atom. The first-order chi connectivity index (χ1) is 9.61. The lowest BCUT2D eigenvalue weighted by atomic mass is 10.0. The normalized spacial score (nSPS) is 11.0. The number of rotatable bonds is 5. The highest BCUT2D eigenvalue weighted by molar-refractivity contribution is 7.99. The van der Waals surface area contributed by atoms with Gasteiger partial charge in [0, 0.05) is 16.0 Å². The molecule has 20 heavy (non-hydrogen) atoms. The topological polar surface area (TPSA) is 51.8 Å². The Hall–Kier alpha value is -1.69. The van der Waals surface area contributed by atoms with Crippen LogP contribution in [0.15, 0.2) is 35.5 Å². The average Bonchev–Trinajstić information content (AvgIpc) is 2.42. The van der Waals surface area contributed by atoms with Crippen molar-refractivity contribution in [2.45, 2.75) is 30.4 Å². The second-order valence-corrected chi connectivity index (χ2v) is 5.30. The van der Waals surface area contributed by atoms with Crippen molar-refractivity contribution in [3.05, 3.63) is 36.2 Å². The zero-order valence-electron chi connectivity index (χ0n) is 11.0. The van der Waals surface area contributed by atoms with Crippen LogP contribution >= 0.6 is 11.8 Å². The summed E-state index contributed by atoms with van der Waals surface area (Å²) < 4.78 is 24.6. The number of alkyl halides is 2. The second kappa shape index (κ2) is 6.65. The molecular weight excluding hydrogens is 280 g/mol. The smallest absolute Gasteiger partial charge is 0.288 e. The number of nitrogen functional groups attached to an aromatic ring is 1. The lowest BCUT2D eigenvalue weighted by Gasteiger charge is -2.10. The molecule has 2 rings (SSSR count). The molecule has 1 heterocycles. The quantitative estimate of drug-likeness (QED) is 0.847. The van der Waals surface area contributed by atoms with Crippen molar-refractivity contribution in [1.82, 2.24) is 9.97 Å². The van der Waals surface area contributed by atoms with Crippen molar-refractivity contribution < 1.29 is 8.78 Å². The third-order valence-corrected chi connectivity index (χ3v) is 3.55. The van der Waals surface area contributed by atoms with E-state index in [-0.39, 0.29) is 0 Å². The van der Waals surface area contributed by atoms with Gasteiger partial charge in [0.15, 0.2) is 0 Å². The highest BCUT2D eigenvalue weighted by Crippen LogP contribution is 2.29. The number of halogens is 2. The molecule has 0 saturated heterocycles. The van der Waals surface area contributed by atoms with E-state index in [9.17, 15) is 8.78 Å². The Kier molecular flexibility index (Phi) is 4.89. The Morgan fingerprint density at radius 3 is 2.50 bits per heavy atom. The first kappa shape index (κ1) is 14.7. The first-order valence-corrected chi connectivity index (χ1v) is 7.14. The van der Waals surface area contributed by atoms with E-state index < -0.39 is 5.76 Å². The molecule has 2 aromatic rings. The van der Waals surface area contributed by atoms with Gasteiger partial charge in [-0.3, -0.25) is 0 Å². The molecule has 0 unspecified atom stereocenters. The summed E-state index contributed by atoms with van der Waals surface area (Å²) in [5.74, 6) is -1.94. The zero-order valence-corrected chi connectivity index (χ0v) is 11.8. The van der Waals surface area contributed by atoms with Gasteiger partial charge in [-0.2, -0.15) is 8.78 Å². The number of nitrogens with zero attached hydrogens (tertiary/aromatic N) is 2. The predicted molar refractivity (Wildman–Crippen MR) is 77.7 cm³/mol. The number of hydrogen-bond donors (Lipinski definition) is 1. The van der Waals surface area contributed by atoms with Crippen LogP contribution in [0.4, 0.5) is 14.6 Å². The van der Waals surface area contributed by atoms with Crippen LogP contribution < -0.4 is 5.73 Å². The molecule has 0 aliphatic carbocycles. The number of hydrogen-bond acceptors (Lipinski definition) is 4. The molecule has 2 N–H and O–H groups in total. The monoisotopic (exact) mass is 295 g/mol. The van der Waals surface area contributed by atoms with Crippen molar-refractivity contribution in [2.75, 3.05) is 5.73 Å². The fraction of sp³-hybridized carbons (Fsp3) is 0.286. The van der Waals surface area contributed by atoms with E-state index in [0.717, 1.165) is 29.7 Å². The van der Waals surface area contributed by atoms with Gasteiger partial charge in [-0.05, 0) is 18.6 Å². The number of anilines is 1. The van der Waals surface area contributed by atoms with Crippen LogP contribution in [0.1, 0.15) is 18.9 Å². The minimum atomic E-state index is -2.41. The van der Waals surface area contributed by atoms with E-state index >= 15 is 0 Å². The molecule has 1 aromatic heterocycles. The standard InChI is InChI=1S/C14H15F2N3S/c1-2-3-11-12(18-8-19-13(11)17)9-4-6-10(7-5-9)20-14(15)16/h4-8,14H,2-3H2,1H3,(H2,17,18,19). The van der Waals surface area contributed by atoms with Crippen molar-refractivity contribution in [2.24, 2.45) is 0 Å². The van der Waals surface area contributed by atoms with Crippen molar-refractivity contribution >= 4 is 17.6 Å². The van der Waals surface area contributed by atoms with Crippen molar-refractivity contribution in [3.8, 4) is 11.3 Å². The van der Waals surface area contributed by atoms with Crippen LogP contribution in [0.25, 0.3) is 11.3 Å². The molecule has 1 aromatic carbocycles. The number of thioether (sulfide) groups is 1. The average molecular weight is 295 g/mol. The van der Waals surface area contributed by atoms with Gasteiger partial charge in [-0.25, -0.2) is 9.97 Å². The molecule has 0 saturated carbocycles. The van der Waals surface area contributed by atoms with Crippen molar-refractivity contribution in [1.29, 1.82) is 0 Å². The molecule has 6 heteroatoms. The minimum Gasteiger partial charge on any atom is -0.383 e. The summed E-state index contributed by atoms with van der Waals surface area (Å²) >= 11 is 0.529. The van der Waals surface area contributed by atoms with Crippen LogP contribution in [0.2, 0.25) is 0 Å². The SMILES string of the molecule is CCCc1c(N)ncnc1-c1ccc(SC(F)F)cc1. The minimum absolute atomic E-state index is 0.475.